The molecular formula is C11H16BrNO. The van der Waals surface area contributed by atoms with Crippen LogP contribution in [0.25, 0.3) is 0 Å². The summed E-state index contributed by atoms with van der Waals surface area (Å²) in [5, 5.41) is 9.35. The third-order valence-electron chi connectivity index (χ3n) is 2.25. The molecule has 3 heteroatoms. The number of benzene rings is 1. The number of halogens is 1. The maximum Gasteiger partial charge on any atom is 0.115 e. The summed E-state index contributed by atoms with van der Waals surface area (Å²) in [6, 6.07) is 5.31. The van der Waals surface area contributed by atoms with Crippen LogP contribution < -0.4 is 5.73 Å². The van der Waals surface area contributed by atoms with E-state index < -0.39 is 0 Å². The Labute approximate surface area is 93.3 Å². The zero-order chi connectivity index (χ0) is 10.8. The molecule has 0 heterocycles. The van der Waals surface area contributed by atoms with Crippen LogP contribution in [0.4, 0.5) is 0 Å². The lowest BCUT2D eigenvalue weighted by molar-refractivity contribution is 0.375. The molecule has 0 saturated heterocycles. The van der Waals surface area contributed by atoms with Crippen LogP contribution in [-0.2, 0) is 6.42 Å². The molecule has 0 saturated carbocycles. The van der Waals surface area contributed by atoms with E-state index >= 15 is 0 Å². The van der Waals surface area contributed by atoms with E-state index in [1.807, 2.05) is 6.07 Å². The van der Waals surface area contributed by atoms with Gasteiger partial charge in [0.15, 0.2) is 0 Å². The molecule has 0 bridgehead atoms. The summed E-state index contributed by atoms with van der Waals surface area (Å²) < 4.78 is 1.02. The molecule has 3 N–H and O–H groups in total. The molecule has 78 valence electrons. The van der Waals surface area contributed by atoms with Gasteiger partial charge in [-0.2, -0.15) is 0 Å². The van der Waals surface area contributed by atoms with Crippen molar-refractivity contribution in [1.29, 1.82) is 0 Å². The first kappa shape index (κ1) is 11.5. The number of hydrogen-bond donors (Lipinski definition) is 2. The number of aromatic hydroxyl groups is 1. The van der Waals surface area contributed by atoms with Crippen LogP contribution in [0.1, 0.15) is 19.4 Å². The number of rotatable bonds is 3. The van der Waals surface area contributed by atoms with Gasteiger partial charge < -0.3 is 10.8 Å². The van der Waals surface area contributed by atoms with E-state index in [0.717, 1.165) is 16.5 Å². The van der Waals surface area contributed by atoms with Crippen LogP contribution in [0.3, 0.4) is 0 Å². The van der Waals surface area contributed by atoms with E-state index in [1.165, 1.54) is 0 Å². The van der Waals surface area contributed by atoms with Crippen LogP contribution in [0.15, 0.2) is 22.7 Å². The Balaban J connectivity index is 2.91. The molecule has 2 nitrogen and oxygen atoms in total. The van der Waals surface area contributed by atoms with Crippen molar-refractivity contribution in [3.63, 3.8) is 0 Å². The summed E-state index contributed by atoms with van der Waals surface area (Å²) in [4.78, 5) is 0. The number of hydrogen-bond acceptors (Lipinski definition) is 2. The van der Waals surface area contributed by atoms with Crippen molar-refractivity contribution >= 4 is 15.9 Å². The van der Waals surface area contributed by atoms with Gasteiger partial charge in [-0.3, -0.25) is 0 Å². The molecule has 0 fully saturated rings. The fourth-order valence-electron chi connectivity index (χ4n) is 1.28. The Kier molecular flexibility index (Phi) is 3.56. The van der Waals surface area contributed by atoms with Gasteiger partial charge in [-0.05, 0) is 42.1 Å². The second-order valence-electron chi connectivity index (χ2n) is 4.32. The summed E-state index contributed by atoms with van der Waals surface area (Å²) in [6.07, 6.45) is 0.860. The van der Waals surface area contributed by atoms with Gasteiger partial charge in [-0.25, -0.2) is 0 Å². The summed E-state index contributed by atoms with van der Waals surface area (Å²) in [7, 11) is 0. The maximum atomic E-state index is 9.35. The highest BCUT2D eigenvalue weighted by molar-refractivity contribution is 9.10. The number of phenolic OH excluding ortho intramolecular Hbond substituents is 1. The van der Waals surface area contributed by atoms with Crippen molar-refractivity contribution in [3.05, 3.63) is 28.2 Å². The third kappa shape index (κ3) is 3.00. The van der Waals surface area contributed by atoms with Crippen molar-refractivity contribution in [2.24, 2.45) is 11.1 Å². The minimum Gasteiger partial charge on any atom is -0.508 e. The third-order valence-corrected chi connectivity index (χ3v) is 3.02. The van der Waals surface area contributed by atoms with Gasteiger partial charge in [0.2, 0.25) is 0 Å². The number of nitrogens with two attached hydrogens (primary N) is 1. The molecule has 0 aromatic heterocycles. The predicted molar refractivity (Wildman–Crippen MR) is 62.3 cm³/mol. The molecule has 0 amide bonds. The molecule has 0 unspecified atom stereocenters. The highest BCUT2D eigenvalue weighted by Crippen LogP contribution is 2.28. The average molecular weight is 258 g/mol. The van der Waals surface area contributed by atoms with Crippen molar-refractivity contribution in [2.75, 3.05) is 6.54 Å². The zero-order valence-corrected chi connectivity index (χ0v) is 10.1. The normalized spacial score (nSPS) is 11.7. The molecule has 0 atom stereocenters. The summed E-state index contributed by atoms with van der Waals surface area (Å²) >= 11 is 3.46. The molecule has 1 rings (SSSR count). The monoisotopic (exact) mass is 257 g/mol. The van der Waals surface area contributed by atoms with Gasteiger partial charge in [0.05, 0.1) is 0 Å². The van der Waals surface area contributed by atoms with Crippen LogP contribution >= 0.6 is 15.9 Å². The Morgan fingerprint density at radius 1 is 1.43 bits per heavy atom. The summed E-state index contributed by atoms with van der Waals surface area (Å²) in [5.41, 5.74) is 6.83. The Bertz CT molecular complexity index is 323. The standard InChI is InChI=1S/C11H16BrNO/c1-11(2,7-13)6-8-5-9(14)3-4-10(8)12/h3-5,14H,6-7,13H2,1-2H3. The molecule has 0 spiro atoms. The topological polar surface area (TPSA) is 46.2 Å². The van der Waals surface area contributed by atoms with Gasteiger partial charge in [0.1, 0.15) is 5.75 Å². The minimum atomic E-state index is 0.0658. The van der Waals surface area contributed by atoms with Gasteiger partial charge in [-0.1, -0.05) is 29.8 Å². The Morgan fingerprint density at radius 3 is 2.64 bits per heavy atom. The average Bonchev–Trinajstić information content (AvgIpc) is 2.11. The highest BCUT2D eigenvalue weighted by atomic mass is 79.9. The lowest BCUT2D eigenvalue weighted by Crippen LogP contribution is -2.26. The second-order valence-corrected chi connectivity index (χ2v) is 5.18. The van der Waals surface area contributed by atoms with Gasteiger partial charge in [0, 0.05) is 4.47 Å². The van der Waals surface area contributed by atoms with Crippen LogP contribution in [-0.4, -0.2) is 11.7 Å². The Hall–Kier alpha value is -0.540. The summed E-state index contributed by atoms with van der Waals surface area (Å²) in [5.74, 6) is 0.302. The molecular weight excluding hydrogens is 242 g/mol. The molecule has 1 aromatic carbocycles. The Morgan fingerprint density at radius 2 is 2.07 bits per heavy atom. The van der Waals surface area contributed by atoms with Crippen LogP contribution in [0.5, 0.6) is 5.75 Å². The molecule has 0 aliphatic carbocycles. The lowest BCUT2D eigenvalue weighted by Gasteiger charge is -2.23. The summed E-state index contributed by atoms with van der Waals surface area (Å²) in [6.45, 7) is 4.86. The van der Waals surface area contributed by atoms with Crippen LogP contribution in [0.2, 0.25) is 0 Å². The molecule has 0 radical (unpaired) electrons. The number of phenols is 1. The van der Waals surface area contributed by atoms with Crippen molar-refractivity contribution < 1.29 is 5.11 Å². The lowest BCUT2D eigenvalue weighted by atomic mass is 9.86. The predicted octanol–water partition coefficient (Wildman–Crippen LogP) is 2.68. The zero-order valence-electron chi connectivity index (χ0n) is 8.55. The fourth-order valence-corrected chi connectivity index (χ4v) is 1.67. The van der Waals surface area contributed by atoms with Crippen molar-refractivity contribution in [1.82, 2.24) is 0 Å². The molecule has 14 heavy (non-hydrogen) atoms. The van der Waals surface area contributed by atoms with Crippen molar-refractivity contribution in [3.8, 4) is 5.75 Å². The maximum absolute atomic E-state index is 9.35. The van der Waals surface area contributed by atoms with E-state index in [1.54, 1.807) is 12.1 Å². The van der Waals surface area contributed by atoms with E-state index in [9.17, 15) is 5.11 Å². The molecule has 0 aliphatic heterocycles. The first-order chi connectivity index (χ1) is 6.44. The first-order valence-corrected chi connectivity index (χ1v) is 5.41. The minimum absolute atomic E-state index is 0.0658. The smallest absolute Gasteiger partial charge is 0.115 e. The van der Waals surface area contributed by atoms with E-state index in [-0.39, 0.29) is 5.41 Å². The van der Waals surface area contributed by atoms with Crippen molar-refractivity contribution in [2.45, 2.75) is 20.3 Å². The van der Waals surface area contributed by atoms with Gasteiger partial charge in [-0.15, -0.1) is 0 Å². The van der Waals surface area contributed by atoms with Gasteiger partial charge in [0.25, 0.3) is 0 Å². The molecule has 1 aromatic rings. The quantitative estimate of drug-likeness (QED) is 0.875. The highest BCUT2D eigenvalue weighted by Gasteiger charge is 2.17. The fraction of sp³-hybridized carbons (Fsp3) is 0.455. The second kappa shape index (κ2) is 4.32. The molecule has 0 aliphatic rings. The van der Waals surface area contributed by atoms with Crippen LogP contribution in [0, 0.1) is 5.41 Å². The van der Waals surface area contributed by atoms with E-state index in [4.69, 9.17) is 5.73 Å². The van der Waals surface area contributed by atoms with E-state index in [2.05, 4.69) is 29.8 Å². The largest absolute Gasteiger partial charge is 0.508 e. The SMILES string of the molecule is CC(C)(CN)Cc1cc(O)ccc1Br. The first-order valence-electron chi connectivity index (χ1n) is 4.62. The van der Waals surface area contributed by atoms with Gasteiger partial charge >= 0.3 is 0 Å². The van der Waals surface area contributed by atoms with E-state index in [0.29, 0.717) is 12.3 Å².